The molecule has 68 valence electrons. The number of nitrogens with zero attached hydrogens (tertiary/aromatic N) is 1. The summed E-state index contributed by atoms with van der Waals surface area (Å²) in [7, 11) is 0. The summed E-state index contributed by atoms with van der Waals surface area (Å²) in [5, 5.41) is 0. The molecule has 0 radical (unpaired) electrons. The van der Waals surface area contributed by atoms with Crippen molar-refractivity contribution in [3.8, 4) is 0 Å². The molecule has 1 atom stereocenters. The molecule has 1 aliphatic rings. The van der Waals surface area contributed by atoms with Crippen LogP contribution in [0, 0.1) is 5.92 Å². The van der Waals surface area contributed by atoms with Crippen LogP contribution in [0.4, 0.5) is 0 Å². The fraction of sp³-hybridized carbons (Fsp3) is 0.417. The summed E-state index contributed by atoms with van der Waals surface area (Å²) in [6.07, 6.45) is 2.39. The topological polar surface area (TPSA) is 12.4 Å². The zero-order valence-electron chi connectivity index (χ0n) is 8.03. The molecule has 0 N–H and O–H groups in total. The molecule has 1 aromatic rings. The Labute approximate surface area is 79.5 Å². The Kier molecular flexibility index (Phi) is 2.44. The van der Waals surface area contributed by atoms with E-state index in [0.29, 0.717) is 0 Å². The van der Waals surface area contributed by atoms with Crippen molar-refractivity contribution in [2.45, 2.75) is 19.8 Å². The maximum Gasteiger partial charge on any atom is 0.0423 e. The van der Waals surface area contributed by atoms with Crippen LogP contribution < -0.4 is 0 Å². The zero-order chi connectivity index (χ0) is 9.10. The van der Waals surface area contributed by atoms with E-state index in [1.165, 1.54) is 17.7 Å². The maximum absolute atomic E-state index is 4.57. The Morgan fingerprint density at radius 3 is 2.69 bits per heavy atom. The Morgan fingerprint density at radius 2 is 2.00 bits per heavy atom. The number of hydrogen-bond acceptors (Lipinski definition) is 1. The number of aliphatic imine (C=N–C) groups is 1. The molecule has 13 heavy (non-hydrogen) atoms. The van der Waals surface area contributed by atoms with Gasteiger partial charge in [0, 0.05) is 12.3 Å². The van der Waals surface area contributed by atoms with Gasteiger partial charge in [0.2, 0.25) is 0 Å². The first-order valence-electron chi connectivity index (χ1n) is 4.95. The van der Waals surface area contributed by atoms with Gasteiger partial charge in [0.1, 0.15) is 0 Å². The Bertz CT molecular complexity index is 300. The summed E-state index contributed by atoms with van der Waals surface area (Å²) in [5.41, 5.74) is 2.59. The fourth-order valence-electron chi connectivity index (χ4n) is 1.76. The second-order valence-corrected chi connectivity index (χ2v) is 3.79. The van der Waals surface area contributed by atoms with Gasteiger partial charge in [-0.1, -0.05) is 37.3 Å². The lowest BCUT2D eigenvalue weighted by Crippen LogP contribution is -2.14. The molecule has 0 saturated carbocycles. The largest absolute Gasteiger partial charge is 0.289 e. The molecule has 1 heteroatoms. The molecule has 1 heterocycles. The van der Waals surface area contributed by atoms with Crippen molar-refractivity contribution in [2.24, 2.45) is 10.9 Å². The predicted octanol–water partition coefficient (Wildman–Crippen LogP) is 2.91. The van der Waals surface area contributed by atoms with E-state index in [9.17, 15) is 0 Å². The van der Waals surface area contributed by atoms with Gasteiger partial charge >= 0.3 is 0 Å². The molecule has 0 spiro atoms. The number of benzene rings is 1. The molecule has 2 rings (SSSR count). The summed E-state index contributed by atoms with van der Waals surface area (Å²) < 4.78 is 0. The standard InChI is InChI=1S/C12H15N/c1-10-7-8-13-12(9-10)11-5-3-2-4-6-11/h2-6,10H,7-9H2,1H3/t10-/m0/s1. The lowest BCUT2D eigenvalue weighted by atomic mass is 9.94. The van der Waals surface area contributed by atoms with Gasteiger partial charge in [0.15, 0.2) is 0 Å². The minimum absolute atomic E-state index is 0.799. The second-order valence-electron chi connectivity index (χ2n) is 3.79. The van der Waals surface area contributed by atoms with Crippen LogP contribution in [0.5, 0.6) is 0 Å². The van der Waals surface area contributed by atoms with Gasteiger partial charge < -0.3 is 0 Å². The van der Waals surface area contributed by atoms with E-state index < -0.39 is 0 Å². The van der Waals surface area contributed by atoms with E-state index in [4.69, 9.17) is 0 Å². The third-order valence-corrected chi connectivity index (χ3v) is 2.57. The summed E-state index contributed by atoms with van der Waals surface area (Å²) in [5.74, 6) is 0.799. The normalized spacial score (nSPS) is 22.5. The molecule has 0 saturated heterocycles. The molecular formula is C12H15N. The van der Waals surface area contributed by atoms with E-state index in [1.807, 2.05) is 0 Å². The molecule has 0 amide bonds. The zero-order valence-corrected chi connectivity index (χ0v) is 8.03. The Balaban J connectivity index is 2.22. The van der Waals surface area contributed by atoms with Crippen molar-refractivity contribution in [1.82, 2.24) is 0 Å². The summed E-state index contributed by atoms with van der Waals surface area (Å²) >= 11 is 0. The Hall–Kier alpha value is -1.11. The van der Waals surface area contributed by atoms with Crippen LogP contribution in [0.2, 0.25) is 0 Å². The second kappa shape index (κ2) is 3.73. The SMILES string of the molecule is C[C@H]1CCN=C(c2ccccc2)C1. The van der Waals surface area contributed by atoms with Crippen LogP contribution in [0.1, 0.15) is 25.3 Å². The lowest BCUT2D eigenvalue weighted by molar-refractivity contribution is 0.541. The van der Waals surface area contributed by atoms with Crippen molar-refractivity contribution < 1.29 is 0 Å². The van der Waals surface area contributed by atoms with Crippen molar-refractivity contribution in [1.29, 1.82) is 0 Å². The molecule has 0 fully saturated rings. The van der Waals surface area contributed by atoms with Crippen molar-refractivity contribution in [2.75, 3.05) is 6.54 Å². The third-order valence-electron chi connectivity index (χ3n) is 2.57. The summed E-state index contributed by atoms with van der Waals surface area (Å²) in [6.45, 7) is 3.31. The van der Waals surface area contributed by atoms with Crippen LogP contribution in [-0.2, 0) is 0 Å². The third kappa shape index (κ3) is 1.97. The van der Waals surface area contributed by atoms with Crippen LogP contribution in [0.3, 0.4) is 0 Å². The average Bonchev–Trinajstić information content (AvgIpc) is 2.19. The highest BCUT2D eigenvalue weighted by Gasteiger charge is 2.12. The highest BCUT2D eigenvalue weighted by atomic mass is 14.7. The quantitative estimate of drug-likeness (QED) is 0.619. The van der Waals surface area contributed by atoms with Gasteiger partial charge in [-0.05, 0) is 24.3 Å². The van der Waals surface area contributed by atoms with Crippen molar-refractivity contribution in [3.63, 3.8) is 0 Å². The maximum atomic E-state index is 4.57. The molecule has 0 aliphatic carbocycles. The summed E-state index contributed by atoms with van der Waals surface area (Å²) in [4.78, 5) is 4.57. The first kappa shape index (κ1) is 8.49. The monoisotopic (exact) mass is 173 g/mol. The molecule has 1 aliphatic heterocycles. The summed E-state index contributed by atoms with van der Waals surface area (Å²) in [6, 6.07) is 10.5. The van der Waals surface area contributed by atoms with Crippen LogP contribution in [0.25, 0.3) is 0 Å². The molecule has 0 aromatic heterocycles. The molecule has 1 aromatic carbocycles. The van der Waals surface area contributed by atoms with Crippen molar-refractivity contribution in [3.05, 3.63) is 35.9 Å². The van der Waals surface area contributed by atoms with E-state index in [1.54, 1.807) is 0 Å². The fourth-order valence-corrected chi connectivity index (χ4v) is 1.76. The smallest absolute Gasteiger partial charge is 0.0423 e. The van der Waals surface area contributed by atoms with Gasteiger partial charge in [-0.2, -0.15) is 0 Å². The minimum Gasteiger partial charge on any atom is -0.289 e. The van der Waals surface area contributed by atoms with E-state index in [-0.39, 0.29) is 0 Å². The molecular weight excluding hydrogens is 158 g/mol. The van der Waals surface area contributed by atoms with Crippen LogP contribution in [0.15, 0.2) is 35.3 Å². The van der Waals surface area contributed by atoms with Crippen LogP contribution >= 0.6 is 0 Å². The number of hydrogen-bond donors (Lipinski definition) is 0. The predicted molar refractivity (Wildman–Crippen MR) is 56.2 cm³/mol. The molecule has 0 unspecified atom stereocenters. The highest BCUT2D eigenvalue weighted by molar-refractivity contribution is 6.00. The molecule has 1 nitrogen and oxygen atoms in total. The van der Waals surface area contributed by atoms with Gasteiger partial charge in [0.05, 0.1) is 0 Å². The van der Waals surface area contributed by atoms with Crippen LogP contribution in [-0.4, -0.2) is 12.3 Å². The lowest BCUT2D eigenvalue weighted by Gasteiger charge is -2.18. The van der Waals surface area contributed by atoms with Gasteiger partial charge in [-0.25, -0.2) is 0 Å². The molecule has 0 bridgehead atoms. The number of rotatable bonds is 1. The van der Waals surface area contributed by atoms with Gasteiger partial charge in [0.25, 0.3) is 0 Å². The van der Waals surface area contributed by atoms with E-state index >= 15 is 0 Å². The van der Waals surface area contributed by atoms with Gasteiger partial charge in [-0.15, -0.1) is 0 Å². The Morgan fingerprint density at radius 1 is 1.23 bits per heavy atom. The van der Waals surface area contributed by atoms with Crippen molar-refractivity contribution >= 4 is 5.71 Å². The average molecular weight is 173 g/mol. The first-order chi connectivity index (χ1) is 6.36. The highest BCUT2D eigenvalue weighted by Crippen LogP contribution is 2.18. The van der Waals surface area contributed by atoms with E-state index in [2.05, 4.69) is 42.2 Å². The minimum atomic E-state index is 0.799. The van der Waals surface area contributed by atoms with E-state index in [0.717, 1.165) is 18.9 Å². The van der Waals surface area contributed by atoms with Gasteiger partial charge in [-0.3, -0.25) is 4.99 Å². The first-order valence-corrected chi connectivity index (χ1v) is 4.95.